The summed E-state index contributed by atoms with van der Waals surface area (Å²) in [7, 11) is 0. The largest absolute Gasteiger partial charge is 0.370 e. The molecule has 2 N–H and O–H groups in total. The van der Waals surface area contributed by atoms with Crippen molar-refractivity contribution in [1.29, 1.82) is 0 Å². The fourth-order valence-corrected chi connectivity index (χ4v) is 2.51. The summed E-state index contributed by atoms with van der Waals surface area (Å²) in [6.45, 7) is 9.35. The molecule has 118 valence electrons. The molecule has 0 fully saturated rings. The molecule has 0 aliphatic rings. The van der Waals surface area contributed by atoms with Crippen LogP contribution in [-0.2, 0) is 12.8 Å². The lowest BCUT2D eigenvalue weighted by Crippen LogP contribution is -2.07. The predicted octanol–water partition coefficient (Wildman–Crippen LogP) is 4.48. The number of anilines is 3. The Labute approximate surface area is 133 Å². The van der Waals surface area contributed by atoms with Gasteiger partial charge < -0.3 is 10.6 Å². The van der Waals surface area contributed by atoms with Gasteiger partial charge in [-0.15, -0.1) is 0 Å². The summed E-state index contributed by atoms with van der Waals surface area (Å²) >= 11 is 0. The second-order valence-electron chi connectivity index (χ2n) is 5.40. The van der Waals surface area contributed by atoms with Crippen molar-refractivity contribution >= 4 is 17.3 Å². The van der Waals surface area contributed by atoms with Gasteiger partial charge in [-0.3, -0.25) is 0 Å². The van der Waals surface area contributed by atoms with Crippen molar-refractivity contribution < 1.29 is 0 Å². The zero-order valence-corrected chi connectivity index (χ0v) is 14.0. The molecule has 22 heavy (non-hydrogen) atoms. The van der Waals surface area contributed by atoms with Crippen LogP contribution in [-0.4, -0.2) is 16.5 Å². The molecule has 1 aromatic heterocycles. The molecule has 2 rings (SSSR count). The zero-order valence-electron chi connectivity index (χ0n) is 14.0. The number of hydrogen-bond donors (Lipinski definition) is 2. The van der Waals surface area contributed by atoms with Crippen molar-refractivity contribution in [3.05, 3.63) is 41.2 Å². The fraction of sp³-hybridized carbons (Fsp3) is 0.444. The summed E-state index contributed by atoms with van der Waals surface area (Å²) in [5, 5.41) is 6.84. The van der Waals surface area contributed by atoms with Gasteiger partial charge in [-0.1, -0.05) is 39.0 Å². The first-order chi connectivity index (χ1) is 10.7. The minimum atomic E-state index is 0.774. The molecule has 0 saturated heterocycles. The van der Waals surface area contributed by atoms with Crippen LogP contribution < -0.4 is 10.6 Å². The standard InChI is InChI=1S/C18H26N4/c1-5-11-19-16-12-17(21-13(4)20-16)22-18-14(6-2)9-8-10-15(18)7-3/h8-10,12H,5-7,11H2,1-4H3,(H2,19,20,21,22). The monoisotopic (exact) mass is 298 g/mol. The van der Waals surface area contributed by atoms with E-state index in [1.54, 1.807) is 0 Å². The van der Waals surface area contributed by atoms with E-state index in [2.05, 4.69) is 59.6 Å². The Hall–Kier alpha value is -2.10. The Morgan fingerprint density at radius 2 is 1.59 bits per heavy atom. The van der Waals surface area contributed by atoms with E-state index >= 15 is 0 Å². The van der Waals surface area contributed by atoms with Gasteiger partial charge in [0.15, 0.2) is 0 Å². The third kappa shape index (κ3) is 3.97. The van der Waals surface area contributed by atoms with Gasteiger partial charge in [-0.05, 0) is 37.3 Å². The van der Waals surface area contributed by atoms with E-state index < -0.39 is 0 Å². The molecule has 0 radical (unpaired) electrons. The predicted molar refractivity (Wildman–Crippen MR) is 94.0 cm³/mol. The van der Waals surface area contributed by atoms with Gasteiger partial charge in [0, 0.05) is 18.3 Å². The first kappa shape index (κ1) is 16.3. The lowest BCUT2D eigenvalue weighted by Gasteiger charge is -2.16. The highest BCUT2D eigenvalue weighted by Crippen LogP contribution is 2.26. The summed E-state index contributed by atoms with van der Waals surface area (Å²) in [5.41, 5.74) is 3.82. The maximum atomic E-state index is 4.53. The molecule has 0 aliphatic carbocycles. The molecule has 2 aromatic rings. The molecule has 1 aromatic carbocycles. The van der Waals surface area contributed by atoms with Crippen LogP contribution in [0.15, 0.2) is 24.3 Å². The van der Waals surface area contributed by atoms with Crippen LogP contribution in [0.5, 0.6) is 0 Å². The van der Waals surface area contributed by atoms with Gasteiger partial charge in [0.25, 0.3) is 0 Å². The molecule has 0 bridgehead atoms. The van der Waals surface area contributed by atoms with Gasteiger partial charge in [0.1, 0.15) is 17.5 Å². The van der Waals surface area contributed by atoms with E-state index in [4.69, 9.17) is 0 Å². The van der Waals surface area contributed by atoms with Crippen LogP contribution >= 0.6 is 0 Å². The third-order valence-corrected chi connectivity index (χ3v) is 3.65. The molecular formula is C18H26N4. The Balaban J connectivity index is 2.32. The Morgan fingerprint density at radius 1 is 0.955 bits per heavy atom. The van der Waals surface area contributed by atoms with Crippen LogP contribution in [0, 0.1) is 6.92 Å². The normalized spacial score (nSPS) is 10.5. The first-order valence-electron chi connectivity index (χ1n) is 8.15. The fourth-order valence-electron chi connectivity index (χ4n) is 2.51. The van der Waals surface area contributed by atoms with Crippen LogP contribution in [0.3, 0.4) is 0 Å². The number of aromatic nitrogens is 2. The van der Waals surface area contributed by atoms with E-state index in [1.165, 1.54) is 16.8 Å². The number of para-hydroxylation sites is 1. The highest BCUT2D eigenvalue weighted by atomic mass is 15.1. The van der Waals surface area contributed by atoms with Crippen molar-refractivity contribution in [2.24, 2.45) is 0 Å². The maximum absolute atomic E-state index is 4.53. The van der Waals surface area contributed by atoms with Gasteiger partial charge in [0.2, 0.25) is 0 Å². The number of benzene rings is 1. The third-order valence-electron chi connectivity index (χ3n) is 3.65. The molecular weight excluding hydrogens is 272 g/mol. The molecule has 0 atom stereocenters. The summed E-state index contributed by atoms with van der Waals surface area (Å²) in [6.07, 6.45) is 3.08. The van der Waals surface area contributed by atoms with Crippen LogP contribution in [0.25, 0.3) is 0 Å². The molecule has 1 heterocycles. The summed E-state index contributed by atoms with van der Waals surface area (Å²) in [6, 6.07) is 8.45. The lowest BCUT2D eigenvalue weighted by atomic mass is 10.0. The van der Waals surface area contributed by atoms with E-state index in [0.29, 0.717) is 0 Å². The minimum absolute atomic E-state index is 0.774. The Kier molecular flexibility index (Phi) is 5.75. The first-order valence-corrected chi connectivity index (χ1v) is 8.15. The molecule has 4 nitrogen and oxygen atoms in total. The number of aryl methyl sites for hydroxylation is 3. The molecule has 4 heteroatoms. The minimum Gasteiger partial charge on any atom is -0.370 e. The molecule has 0 spiro atoms. The van der Waals surface area contributed by atoms with Gasteiger partial charge >= 0.3 is 0 Å². The average Bonchev–Trinajstić information content (AvgIpc) is 2.52. The maximum Gasteiger partial charge on any atom is 0.136 e. The van der Waals surface area contributed by atoms with Crippen molar-refractivity contribution in [2.45, 2.75) is 47.0 Å². The van der Waals surface area contributed by atoms with E-state index in [-0.39, 0.29) is 0 Å². The van der Waals surface area contributed by atoms with Crippen LogP contribution in [0.1, 0.15) is 44.1 Å². The van der Waals surface area contributed by atoms with Gasteiger partial charge in [-0.25, -0.2) is 9.97 Å². The number of nitrogens with zero attached hydrogens (tertiary/aromatic N) is 2. The SMILES string of the molecule is CCCNc1cc(Nc2c(CC)cccc2CC)nc(C)n1. The zero-order chi connectivity index (χ0) is 15.9. The molecule has 0 unspecified atom stereocenters. The summed E-state index contributed by atoms with van der Waals surface area (Å²) < 4.78 is 0. The topological polar surface area (TPSA) is 49.8 Å². The van der Waals surface area contributed by atoms with Crippen molar-refractivity contribution in [1.82, 2.24) is 9.97 Å². The smallest absolute Gasteiger partial charge is 0.136 e. The number of hydrogen-bond acceptors (Lipinski definition) is 4. The van der Waals surface area contributed by atoms with Crippen molar-refractivity contribution in [2.75, 3.05) is 17.2 Å². The van der Waals surface area contributed by atoms with Crippen molar-refractivity contribution in [3.8, 4) is 0 Å². The van der Waals surface area contributed by atoms with E-state index in [0.717, 1.165) is 43.3 Å². The second kappa shape index (κ2) is 7.78. The molecule has 0 amide bonds. The van der Waals surface area contributed by atoms with Crippen LogP contribution in [0.4, 0.5) is 17.3 Å². The average molecular weight is 298 g/mol. The molecule has 0 aliphatic heterocycles. The lowest BCUT2D eigenvalue weighted by molar-refractivity contribution is 0.954. The highest BCUT2D eigenvalue weighted by molar-refractivity contribution is 5.66. The number of rotatable bonds is 7. The van der Waals surface area contributed by atoms with Crippen molar-refractivity contribution in [3.63, 3.8) is 0 Å². The Morgan fingerprint density at radius 3 is 2.18 bits per heavy atom. The van der Waals surface area contributed by atoms with Gasteiger partial charge in [-0.2, -0.15) is 0 Å². The van der Waals surface area contributed by atoms with E-state index in [1.807, 2.05) is 13.0 Å². The quantitative estimate of drug-likeness (QED) is 0.791. The summed E-state index contributed by atoms with van der Waals surface area (Å²) in [4.78, 5) is 8.96. The summed E-state index contributed by atoms with van der Waals surface area (Å²) in [5.74, 6) is 2.50. The second-order valence-corrected chi connectivity index (χ2v) is 5.40. The van der Waals surface area contributed by atoms with Gasteiger partial charge in [0.05, 0.1) is 0 Å². The van der Waals surface area contributed by atoms with Crippen LogP contribution in [0.2, 0.25) is 0 Å². The number of nitrogens with one attached hydrogen (secondary N) is 2. The highest BCUT2D eigenvalue weighted by Gasteiger charge is 2.08. The van der Waals surface area contributed by atoms with E-state index in [9.17, 15) is 0 Å². The Bertz CT molecular complexity index is 600. The molecule has 0 saturated carbocycles.